The highest BCUT2D eigenvalue weighted by molar-refractivity contribution is 6.30. The molecule has 3 rings (SSSR count). The normalized spacial score (nSPS) is 10.7. The van der Waals surface area contributed by atoms with Crippen molar-refractivity contribution >= 4 is 17.5 Å². The standard InChI is InChI=1S/C19H19ClN4O/c1-13-17(14(2)24(22-13)16-7-5-4-6-8-16)12-23(3)19(25)18-11-15(20)9-10-21-18/h4-11H,12H2,1-3H3. The molecule has 0 aliphatic rings. The van der Waals surface area contributed by atoms with Gasteiger partial charge in [-0.15, -0.1) is 0 Å². The fraction of sp³-hybridized carbons (Fsp3) is 0.211. The van der Waals surface area contributed by atoms with Crippen LogP contribution in [0.5, 0.6) is 0 Å². The third-order valence-corrected chi connectivity index (χ3v) is 4.36. The van der Waals surface area contributed by atoms with Gasteiger partial charge < -0.3 is 4.90 Å². The molecule has 2 heterocycles. The fourth-order valence-corrected chi connectivity index (χ4v) is 2.91. The van der Waals surface area contributed by atoms with Crippen molar-refractivity contribution in [3.05, 3.63) is 76.3 Å². The van der Waals surface area contributed by atoms with E-state index in [1.807, 2.05) is 48.9 Å². The van der Waals surface area contributed by atoms with Crippen LogP contribution in [0.4, 0.5) is 0 Å². The molecule has 0 fully saturated rings. The maximum atomic E-state index is 12.6. The number of benzene rings is 1. The van der Waals surface area contributed by atoms with Crippen LogP contribution in [0.1, 0.15) is 27.4 Å². The Balaban J connectivity index is 1.86. The van der Waals surface area contributed by atoms with Crippen molar-refractivity contribution in [2.24, 2.45) is 0 Å². The molecule has 6 heteroatoms. The van der Waals surface area contributed by atoms with E-state index in [0.717, 1.165) is 22.6 Å². The second-order valence-electron chi connectivity index (χ2n) is 5.92. The van der Waals surface area contributed by atoms with E-state index in [-0.39, 0.29) is 5.91 Å². The summed E-state index contributed by atoms with van der Waals surface area (Å²) in [7, 11) is 1.75. The van der Waals surface area contributed by atoms with Crippen LogP contribution in [-0.4, -0.2) is 32.6 Å². The average molecular weight is 355 g/mol. The minimum absolute atomic E-state index is 0.172. The molecular weight excluding hydrogens is 336 g/mol. The van der Waals surface area contributed by atoms with Gasteiger partial charge in [0.25, 0.3) is 5.91 Å². The molecule has 0 bridgehead atoms. The summed E-state index contributed by atoms with van der Waals surface area (Å²) in [4.78, 5) is 18.3. The molecule has 128 valence electrons. The number of amides is 1. The Kier molecular flexibility index (Phi) is 4.86. The van der Waals surface area contributed by atoms with Gasteiger partial charge in [-0.05, 0) is 38.1 Å². The molecule has 5 nitrogen and oxygen atoms in total. The number of pyridine rings is 1. The SMILES string of the molecule is Cc1nn(-c2ccccc2)c(C)c1CN(C)C(=O)c1cc(Cl)ccn1. The molecule has 0 saturated carbocycles. The Bertz CT molecular complexity index is 905. The largest absolute Gasteiger partial charge is 0.336 e. The van der Waals surface area contributed by atoms with Crippen molar-refractivity contribution in [2.75, 3.05) is 7.05 Å². The molecule has 25 heavy (non-hydrogen) atoms. The van der Waals surface area contributed by atoms with Crippen molar-refractivity contribution in [2.45, 2.75) is 20.4 Å². The Hall–Kier alpha value is -2.66. The van der Waals surface area contributed by atoms with E-state index in [9.17, 15) is 4.79 Å². The van der Waals surface area contributed by atoms with E-state index in [1.54, 1.807) is 24.1 Å². The number of hydrogen-bond donors (Lipinski definition) is 0. The maximum Gasteiger partial charge on any atom is 0.272 e. The molecule has 0 spiro atoms. The van der Waals surface area contributed by atoms with E-state index in [2.05, 4.69) is 10.1 Å². The third-order valence-electron chi connectivity index (χ3n) is 4.13. The number of carbonyl (C=O) groups is 1. The molecule has 0 unspecified atom stereocenters. The van der Waals surface area contributed by atoms with Crippen LogP contribution in [-0.2, 0) is 6.54 Å². The first-order valence-electron chi connectivity index (χ1n) is 7.95. The molecule has 1 amide bonds. The van der Waals surface area contributed by atoms with Gasteiger partial charge in [-0.25, -0.2) is 4.68 Å². The van der Waals surface area contributed by atoms with E-state index < -0.39 is 0 Å². The summed E-state index contributed by atoms with van der Waals surface area (Å²) < 4.78 is 1.90. The first kappa shape index (κ1) is 17.2. The zero-order chi connectivity index (χ0) is 18.0. The van der Waals surface area contributed by atoms with Crippen LogP contribution in [0, 0.1) is 13.8 Å². The van der Waals surface area contributed by atoms with E-state index >= 15 is 0 Å². The summed E-state index contributed by atoms with van der Waals surface area (Å²) in [6.45, 7) is 4.42. The minimum Gasteiger partial charge on any atom is -0.336 e. The van der Waals surface area contributed by atoms with Gasteiger partial charge >= 0.3 is 0 Å². The number of rotatable bonds is 4. The number of para-hydroxylation sites is 1. The van der Waals surface area contributed by atoms with Gasteiger partial charge in [0.15, 0.2) is 0 Å². The lowest BCUT2D eigenvalue weighted by molar-refractivity contribution is 0.0779. The molecule has 0 radical (unpaired) electrons. The van der Waals surface area contributed by atoms with Gasteiger partial charge in [0.1, 0.15) is 5.69 Å². The number of aryl methyl sites for hydroxylation is 1. The molecule has 2 aromatic heterocycles. The molecule has 0 aliphatic carbocycles. The van der Waals surface area contributed by atoms with Crippen molar-refractivity contribution < 1.29 is 4.79 Å². The molecule has 0 aliphatic heterocycles. The lowest BCUT2D eigenvalue weighted by Crippen LogP contribution is -2.27. The van der Waals surface area contributed by atoms with Gasteiger partial charge in [0, 0.05) is 36.1 Å². The third kappa shape index (κ3) is 3.56. The van der Waals surface area contributed by atoms with Crippen LogP contribution in [0.2, 0.25) is 5.02 Å². The Morgan fingerprint density at radius 2 is 1.92 bits per heavy atom. The highest BCUT2D eigenvalue weighted by atomic mass is 35.5. The Labute approximate surface area is 151 Å². The van der Waals surface area contributed by atoms with Crippen LogP contribution in [0.25, 0.3) is 5.69 Å². The molecular formula is C19H19ClN4O. The van der Waals surface area contributed by atoms with Crippen molar-refractivity contribution in [1.82, 2.24) is 19.7 Å². The van der Waals surface area contributed by atoms with Gasteiger partial charge in [0.05, 0.1) is 11.4 Å². The van der Waals surface area contributed by atoms with Crippen LogP contribution < -0.4 is 0 Å². The number of aromatic nitrogens is 3. The fourth-order valence-electron chi connectivity index (χ4n) is 2.75. The van der Waals surface area contributed by atoms with E-state index in [0.29, 0.717) is 17.3 Å². The summed E-state index contributed by atoms with van der Waals surface area (Å²) in [6.07, 6.45) is 1.54. The van der Waals surface area contributed by atoms with Gasteiger partial charge in [-0.2, -0.15) is 5.10 Å². The lowest BCUT2D eigenvalue weighted by Gasteiger charge is -2.17. The average Bonchev–Trinajstić information content (AvgIpc) is 2.90. The summed E-state index contributed by atoms with van der Waals surface area (Å²) >= 11 is 5.95. The summed E-state index contributed by atoms with van der Waals surface area (Å²) in [6, 6.07) is 13.2. The number of hydrogen-bond acceptors (Lipinski definition) is 3. The predicted octanol–water partition coefficient (Wildman–Crippen LogP) is 3.81. The first-order chi connectivity index (χ1) is 12.0. The predicted molar refractivity (Wildman–Crippen MR) is 98.1 cm³/mol. The second kappa shape index (κ2) is 7.07. The summed E-state index contributed by atoms with van der Waals surface area (Å²) in [5.74, 6) is -0.172. The molecule has 0 N–H and O–H groups in total. The van der Waals surface area contributed by atoms with Gasteiger partial charge in [-0.3, -0.25) is 9.78 Å². The van der Waals surface area contributed by atoms with Crippen molar-refractivity contribution in [1.29, 1.82) is 0 Å². The smallest absolute Gasteiger partial charge is 0.272 e. The highest BCUT2D eigenvalue weighted by Crippen LogP contribution is 2.20. The van der Waals surface area contributed by atoms with Crippen LogP contribution >= 0.6 is 11.6 Å². The van der Waals surface area contributed by atoms with E-state index in [1.165, 1.54) is 6.20 Å². The van der Waals surface area contributed by atoms with Gasteiger partial charge in [0.2, 0.25) is 0 Å². The van der Waals surface area contributed by atoms with Crippen molar-refractivity contribution in [3.8, 4) is 5.69 Å². The number of nitrogens with zero attached hydrogens (tertiary/aromatic N) is 4. The second-order valence-corrected chi connectivity index (χ2v) is 6.35. The van der Waals surface area contributed by atoms with Gasteiger partial charge in [-0.1, -0.05) is 29.8 Å². The molecule has 0 saturated heterocycles. The monoisotopic (exact) mass is 354 g/mol. The Morgan fingerprint density at radius 3 is 2.60 bits per heavy atom. The zero-order valence-corrected chi connectivity index (χ0v) is 15.2. The summed E-state index contributed by atoms with van der Waals surface area (Å²) in [5, 5.41) is 5.12. The Morgan fingerprint density at radius 1 is 1.20 bits per heavy atom. The van der Waals surface area contributed by atoms with E-state index in [4.69, 9.17) is 11.6 Å². The first-order valence-corrected chi connectivity index (χ1v) is 8.32. The summed E-state index contributed by atoms with van der Waals surface area (Å²) in [5.41, 5.74) is 4.28. The molecule has 0 atom stereocenters. The van der Waals surface area contributed by atoms with Crippen molar-refractivity contribution in [3.63, 3.8) is 0 Å². The number of carbonyl (C=O) groups excluding carboxylic acids is 1. The van der Waals surface area contributed by atoms with Crippen LogP contribution in [0.15, 0.2) is 48.7 Å². The molecule has 3 aromatic rings. The minimum atomic E-state index is -0.172. The quantitative estimate of drug-likeness (QED) is 0.715. The number of halogens is 1. The maximum absolute atomic E-state index is 12.6. The topological polar surface area (TPSA) is 51.0 Å². The zero-order valence-electron chi connectivity index (χ0n) is 14.4. The lowest BCUT2D eigenvalue weighted by atomic mass is 10.1. The van der Waals surface area contributed by atoms with Crippen LogP contribution in [0.3, 0.4) is 0 Å². The highest BCUT2D eigenvalue weighted by Gasteiger charge is 2.19. The molecule has 1 aromatic carbocycles.